The molecule has 0 saturated heterocycles. The van der Waals surface area contributed by atoms with Crippen molar-refractivity contribution in [3.05, 3.63) is 11.5 Å². The van der Waals surface area contributed by atoms with Crippen molar-refractivity contribution in [3.63, 3.8) is 0 Å². The van der Waals surface area contributed by atoms with Crippen molar-refractivity contribution in [1.29, 1.82) is 0 Å². The minimum absolute atomic E-state index is 0.0188. The Morgan fingerprint density at radius 1 is 1.29 bits per heavy atom. The van der Waals surface area contributed by atoms with Gasteiger partial charge in [-0.25, -0.2) is 0 Å². The highest BCUT2D eigenvalue weighted by Gasteiger charge is 2.43. The van der Waals surface area contributed by atoms with Crippen LogP contribution in [0.1, 0.15) is 54.4 Å². The molecule has 0 saturated carbocycles. The maximum Gasteiger partial charge on any atom is 0.487 e. The Labute approximate surface area is 105 Å². The fraction of sp³-hybridized carbons (Fsp3) is 0.846. The van der Waals surface area contributed by atoms with Gasteiger partial charge in [0, 0.05) is 0 Å². The standard InChI is InChI=1S/C13H25BO3/c1-11(2)9-7-8-10(11)14(16)17-13(5,6)12(3,4)15/h8,15-16H,7,9H2,1-6H3. The summed E-state index contributed by atoms with van der Waals surface area (Å²) in [4.78, 5) is 0. The quantitative estimate of drug-likeness (QED) is 0.741. The third-order valence-corrected chi connectivity index (χ3v) is 4.06. The maximum atomic E-state index is 10.2. The zero-order chi connectivity index (χ0) is 13.5. The molecule has 1 aliphatic carbocycles. The first-order valence-electron chi connectivity index (χ1n) is 6.26. The van der Waals surface area contributed by atoms with E-state index < -0.39 is 18.3 Å². The molecular weight excluding hydrogens is 215 g/mol. The van der Waals surface area contributed by atoms with E-state index in [1.165, 1.54) is 0 Å². The van der Waals surface area contributed by atoms with Gasteiger partial charge in [0.05, 0.1) is 11.2 Å². The molecule has 2 N–H and O–H groups in total. The lowest BCUT2D eigenvalue weighted by Gasteiger charge is -2.39. The summed E-state index contributed by atoms with van der Waals surface area (Å²) in [5, 5.41) is 20.2. The zero-order valence-electron chi connectivity index (χ0n) is 11.9. The van der Waals surface area contributed by atoms with Gasteiger partial charge in [-0.05, 0) is 51.4 Å². The van der Waals surface area contributed by atoms with Gasteiger partial charge in [0.2, 0.25) is 0 Å². The smallest absolute Gasteiger partial charge is 0.423 e. The average molecular weight is 240 g/mol. The normalized spacial score (nSPS) is 20.4. The van der Waals surface area contributed by atoms with Crippen molar-refractivity contribution in [2.45, 2.75) is 65.6 Å². The minimum Gasteiger partial charge on any atom is -0.423 e. The molecule has 0 amide bonds. The first-order valence-corrected chi connectivity index (χ1v) is 6.26. The fourth-order valence-electron chi connectivity index (χ4n) is 1.93. The number of hydrogen-bond acceptors (Lipinski definition) is 3. The summed E-state index contributed by atoms with van der Waals surface area (Å²) in [5.41, 5.74) is -0.895. The van der Waals surface area contributed by atoms with Gasteiger partial charge in [-0.3, -0.25) is 0 Å². The molecule has 0 radical (unpaired) electrons. The molecule has 0 heterocycles. The van der Waals surface area contributed by atoms with E-state index in [2.05, 4.69) is 13.8 Å². The van der Waals surface area contributed by atoms with E-state index in [-0.39, 0.29) is 5.41 Å². The molecular formula is C13H25BO3. The van der Waals surface area contributed by atoms with Crippen molar-refractivity contribution >= 4 is 7.12 Å². The number of rotatable bonds is 4. The molecule has 1 aliphatic rings. The summed E-state index contributed by atoms with van der Waals surface area (Å²) in [6.45, 7) is 11.2. The predicted octanol–water partition coefficient (Wildman–Crippen LogP) is 2.32. The van der Waals surface area contributed by atoms with Crippen LogP contribution in [0.4, 0.5) is 0 Å². The number of aliphatic hydroxyl groups is 1. The van der Waals surface area contributed by atoms with Crippen LogP contribution in [0.5, 0.6) is 0 Å². The van der Waals surface area contributed by atoms with Crippen LogP contribution in [0.15, 0.2) is 11.5 Å². The SMILES string of the molecule is CC1(C)CCC=C1B(O)OC(C)(C)C(C)(C)O. The molecule has 0 fully saturated rings. The fourth-order valence-corrected chi connectivity index (χ4v) is 1.93. The van der Waals surface area contributed by atoms with E-state index in [1.54, 1.807) is 27.7 Å². The van der Waals surface area contributed by atoms with Crippen molar-refractivity contribution in [2.75, 3.05) is 0 Å². The Kier molecular flexibility index (Phi) is 3.83. The van der Waals surface area contributed by atoms with E-state index in [4.69, 9.17) is 4.65 Å². The first kappa shape index (κ1) is 14.7. The average Bonchev–Trinajstić information content (AvgIpc) is 2.42. The highest BCUT2D eigenvalue weighted by molar-refractivity contribution is 6.52. The third kappa shape index (κ3) is 3.12. The van der Waals surface area contributed by atoms with E-state index >= 15 is 0 Å². The van der Waals surface area contributed by atoms with Gasteiger partial charge in [-0.15, -0.1) is 0 Å². The van der Waals surface area contributed by atoms with Crippen LogP contribution in [0.3, 0.4) is 0 Å². The molecule has 1 rings (SSSR count). The molecule has 0 unspecified atom stereocenters. The van der Waals surface area contributed by atoms with Crippen molar-refractivity contribution in [1.82, 2.24) is 0 Å². The van der Waals surface area contributed by atoms with Gasteiger partial charge < -0.3 is 14.8 Å². The summed E-state index contributed by atoms with van der Waals surface area (Å²) in [6, 6.07) is 0. The van der Waals surface area contributed by atoms with Crippen molar-refractivity contribution < 1.29 is 14.8 Å². The Bertz CT molecular complexity index is 313. The monoisotopic (exact) mass is 240 g/mol. The van der Waals surface area contributed by atoms with Crippen molar-refractivity contribution in [2.24, 2.45) is 5.41 Å². The van der Waals surface area contributed by atoms with Gasteiger partial charge in [0.15, 0.2) is 0 Å². The predicted molar refractivity (Wildman–Crippen MR) is 70.5 cm³/mol. The Morgan fingerprint density at radius 2 is 1.82 bits per heavy atom. The summed E-state index contributed by atoms with van der Waals surface area (Å²) >= 11 is 0. The van der Waals surface area contributed by atoms with Crippen LogP contribution in [0.25, 0.3) is 0 Å². The zero-order valence-corrected chi connectivity index (χ0v) is 11.9. The number of hydrogen-bond donors (Lipinski definition) is 2. The lowest BCUT2D eigenvalue weighted by molar-refractivity contribution is -0.0993. The number of allylic oxidation sites excluding steroid dienone is 2. The molecule has 4 heteroatoms. The maximum absolute atomic E-state index is 10.2. The van der Waals surface area contributed by atoms with Gasteiger partial charge in [-0.1, -0.05) is 19.9 Å². The molecule has 98 valence electrons. The molecule has 0 aromatic heterocycles. The second kappa shape index (κ2) is 4.41. The first-order chi connectivity index (χ1) is 7.47. The molecule has 17 heavy (non-hydrogen) atoms. The van der Waals surface area contributed by atoms with Gasteiger partial charge in [0.1, 0.15) is 0 Å². The van der Waals surface area contributed by atoms with Crippen LogP contribution >= 0.6 is 0 Å². The second-order valence-corrected chi connectivity index (χ2v) is 6.62. The lowest BCUT2D eigenvalue weighted by atomic mass is 9.65. The van der Waals surface area contributed by atoms with E-state index in [0.29, 0.717) is 0 Å². The second-order valence-electron chi connectivity index (χ2n) is 6.62. The largest absolute Gasteiger partial charge is 0.487 e. The minimum atomic E-state index is -1.00. The summed E-state index contributed by atoms with van der Waals surface area (Å²) in [7, 11) is -0.936. The Balaban J connectivity index is 2.77. The van der Waals surface area contributed by atoms with Crippen molar-refractivity contribution in [3.8, 4) is 0 Å². The molecule has 0 atom stereocenters. The van der Waals surface area contributed by atoms with Crippen LogP contribution < -0.4 is 0 Å². The summed E-state index contributed by atoms with van der Waals surface area (Å²) < 4.78 is 5.66. The molecule has 0 aromatic carbocycles. The third-order valence-electron chi connectivity index (χ3n) is 4.06. The van der Waals surface area contributed by atoms with Crippen LogP contribution in [0, 0.1) is 5.41 Å². The van der Waals surface area contributed by atoms with E-state index in [1.807, 2.05) is 6.08 Å². The van der Waals surface area contributed by atoms with Crippen LogP contribution in [-0.4, -0.2) is 28.5 Å². The lowest BCUT2D eigenvalue weighted by Crippen LogP contribution is -2.51. The van der Waals surface area contributed by atoms with Gasteiger partial charge in [-0.2, -0.15) is 0 Å². The Morgan fingerprint density at radius 3 is 2.18 bits per heavy atom. The highest BCUT2D eigenvalue weighted by atomic mass is 16.5. The highest BCUT2D eigenvalue weighted by Crippen LogP contribution is 2.40. The van der Waals surface area contributed by atoms with Gasteiger partial charge in [0.25, 0.3) is 0 Å². The van der Waals surface area contributed by atoms with Gasteiger partial charge >= 0.3 is 7.12 Å². The molecule has 0 spiro atoms. The summed E-state index contributed by atoms with van der Waals surface area (Å²) in [5.74, 6) is 0. The Hall–Kier alpha value is -0.315. The molecule has 0 aliphatic heterocycles. The van der Waals surface area contributed by atoms with E-state index in [0.717, 1.165) is 18.3 Å². The topological polar surface area (TPSA) is 49.7 Å². The molecule has 0 aromatic rings. The van der Waals surface area contributed by atoms with Crippen LogP contribution in [0.2, 0.25) is 0 Å². The van der Waals surface area contributed by atoms with E-state index in [9.17, 15) is 10.1 Å². The summed E-state index contributed by atoms with van der Waals surface area (Å²) in [6.07, 6.45) is 4.06. The molecule has 3 nitrogen and oxygen atoms in total. The van der Waals surface area contributed by atoms with Crippen LogP contribution in [-0.2, 0) is 4.65 Å². The molecule has 0 bridgehead atoms.